The van der Waals surface area contributed by atoms with E-state index in [1.165, 1.54) is 6.20 Å². The number of amides is 1. The van der Waals surface area contributed by atoms with Gasteiger partial charge in [0, 0.05) is 25.7 Å². The van der Waals surface area contributed by atoms with Gasteiger partial charge in [-0.25, -0.2) is 0 Å². The molecule has 0 fully saturated rings. The zero-order valence-electron chi connectivity index (χ0n) is 9.97. The van der Waals surface area contributed by atoms with Gasteiger partial charge in [0.25, 0.3) is 5.91 Å². The topological polar surface area (TPSA) is 106 Å². The molecule has 17 heavy (non-hydrogen) atoms. The minimum absolute atomic E-state index is 0.157. The lowest BCUT2D eigenvalue weighted by Gasteiger charge is -2.04. The highest BCUT2D eigenvalue weighted by atomic mass is 16.4. The summed E-state index contributed by atoms with van der Waals surface area (Å²) in [4.78, 5) is 11.7. The van der Waals surface area contributed by atoms with Crippen LogP contribution in [0.3, 0.4) is 0 Å². The average molecular weight is 239 g/mol. The fourth-order valence-corrected chi connectivity index (χ4v) is 1.34. The Morgan fingerprint density at radius 1 is 1.71 bits per heavy atom. The van der Waals surface area contributed by atoms with E-state index in [-0.39, 0.29) is 11.7 Å². The second-order valence-electron chi connectivity index (χ2n) is 3.72. The molecule has 94 valence electrons. The maximum Gasteiger partial charge on any atom is 0.254 e. The fraction of sp³-hybridized carbons (Fsp3) is 0.500. The summed E-state index contributed by atoms with van der Waals surface area (Å²) in [6.07, 6.45) is 2.61. The number of amidine groups is 1. The Morgan fingerprint density at radius 2 is 2.41 bits per heavy atom. The Morgan fingerprint density at radius 3 is 2.94 bits per heavy atom. The highest BCUT2D eigenvalue weighted by Crippen LogP contribution is 2.04. The van der Waals surface area contributed by atoms with Crippen LogP contribution in [0.2, 0.25) is 0 Å². The Balaban J connectivity index is 2.38. The van der Waals surface area contributed by atoms with Crippen LogP contribution < -0.4 is 11.1 Å². The lowest BCUT2D eigenvalue weighted by molar-refractivity contribution is 0.0952. The molecule has 0 radical (unpaired) electrons. The number of aryl methyl sites for hydroxylation is 1. The number of carbonyl (C=O) groups excluding carboxylic acids is 1. The summed E-state index contributed by atoms with van der Waals surface area (Å²) in [5.41, 5.74) is 6.69. The van der Waals surface area contributed by atoms with E-state index in [0.717, 1.165) is 5.69 Å². The molecule has 0 spiro atoms. The molecule has 7 nitrogen and oxygen atoms in total. The normalized spacial score (nSPS) is 11.5. The lowest BCUT2D eigenvalue weighted by Crippen LogP contribution is -2.26. The van der Waals surface area contributed by atoms with Gasteiger partial charge in [-0.05, 0) is 13.3 Å². The molecule has 1 aromatic rings. The maximum absolute atomic E-state index is 11.7. The predicted molar refractivity (Wildman–Crippen MR) is 62.9 cm³/mol. The van der Waals surface area contributed by atoms with Crippen molar-refractivity contribution in [3.05, 3.63) is 17.5 Å². The van der Waals surface area contributed by atoms with Crippen molar-refractivity contribution in [1.29, 1.82) is 0 Å². The molecule has 1 amide bonds. The van der Waals surface area contributed by atoms with Crippen molar-refractivity contribution >= 4 is 11.7 Å². The summed E-state index contributed by atoms with van der Waals surface area (Å²) < 4.78 is 1.64. The molecule has 1 rings (SSSR count). The van der Waals surface area contributed by atoms with Gasteiger partial charge in [-0.1, -0.05) is 5.16 Å². The van der Waals surface area contributed by atoms with E-state index in [4.69, 9.17) is 10.9 Å². The Hall–Kier alpha value is -2.05. The van der Waals surface area contributed by atoms with E-state index in [1.54, 1.807) is 11.7 Å². The van der Waals surface area contributed by atoms with Crippen LogP contribution in [-0.4, -0.2) is 33.3 Å². The predicted octanol–water partition coefficient (Wildman–Crippen LogP) is -0.0151. The monoisotopic (exact) mass is 239 g/mol. The third-order valence-electron chi connectivity index (χ3n) is 2.50. The molecule has 0 unspecified atom stereocenters. The van der Waals surface area contributed by atoms with Crippen molar-refractivity contribution in [3.8, 4) is 0 Å². The second kappa shape index (κ2) is 5.88. The number of carbonyl (C=O) groups is 1. The van der Waals surface area contributed by atoms with Crippen LogP contribution in [0.5, 0.6) is 0 Å². The van der Waals surface area contributed by atoms with Gasteiger partial charge in [0.15, 0.2) is 0 Å². The maximum atomic E-state index is 11.7. The number of hydrogen-bond acceptors (Lipinski definition) is 4. The highest BCUT2D eigenvalue weighted by molar-refractivity contribution is 5.95. The molecular formula is C10H17N5O2. The van der Waals surface area contributed by atoms with Gasteiger partial charge in [-0.15, -0.1) is 0 Å². The molecule has 0 atom stereocenters. The summed E-state index contributed by atoms with van der Waals surface area (Å²) in [5.74, 6) is 0.00640. The first-order chi connectivity index (χ1) is 8.06. The van der Waals surface area contributed by atoms with Crippen LogP contribution in [0.25, 0.3) is 0 Å². The largest absolute Gasteiger partial charge is 0.409 e. The van der Waals surface area contributed by atoms with Crippen molar-refractivity contribution in [1.82, 2.24) is 15.1 Å². The molecule has 4 N–H and O–H groups in total. The van der Waals surface area contributed by atoms with Gasteiger partial charge in [-0.3, -0.25) is 9.48 Å². The standard InChI is InChI=1S/C10H17N5O2/c1-7-8(6-13-15(7)2)10(16)12-5-3-4-9(11)14-17/h6,17H,3-5H2,1-2H3,(H2,11,14)(H,12,16). The Labute approximate surface area is 99.3 Å². The van der Waals surface area contributed by atoms with Crippen molar-refractivity contribution < 1.29 is 10.0 Å². The lowest BCUT2D eigenvalue weighted by atomic mass is 10.2. The number of nitrogens with zero attached hydrogens (tertiary/aromatic N) is 3. The molecule has 0 aliphatic heterocycles. The first kappa shape index (κ1) is 13.0. The van der Waals surface area contributed by atoms with Crippen molar-refractivity contribution in [3.63, 3.8) is 0 Å². The van der Waals surface area contributed by atoms with Crippen LogP contribution in [0, 0.1) is 6.92 Å². The molecule has 0 aliphatic rings. The molecule has 7 heteroatoms. The summed E-state index contributed by atoms with van der Waals surface area (Å²) in [7, 11) is 1.78. The van der Waals surface area contributed by atoms with E-state index in [2.05, 4.69) is 15.6 Å². The number of rotatable bonds is 5. The summed E-state index contributed by atoms with van der Waals surface area (Å²) in [5, 5.41) is 17.9. The molecule has 1 heterocycles. The third kappa shape index (κ3) is 3.47. The molecule has 0 saturated carbocycles. The highest BCUT2D eigenvalue weighted by Gasteiger charge is 2.11. The minimum Gasteiger partial charge on any atom is -0.409 e. The van der Waals surface area contributed by atoms with Gasteiger partial charge in [0.2, 0.25) is 0 Å². The van der Waals surface area contributed by atoms with Gasteiger partial charge >= 0.3 is 0 Å². The second-order valence-corrected chi connectivity index (χ2v) is 3.72. The van der Waals surface area contributed by atoms with Gasteiger partial charge in [-0.2, -0.15) is 5.10 Å². The minimum atomic E-state index is -0.157. The number of hydrogen-bond donors (Lipinski definition) is 3. The van der Waals surface area contributed by atoms with Gasteiger partial charge in [0.1, 0.15) is 5.84 Å². The van der Waals surface area contributed by atoms with E-state index in [9.17, 15) is 4.79 Å². The zero-order valence-corrected chi connectivity index (χ0v) is 9.97. The fourth-order valence-electron chi connectivity index (χ4n) is 1.34. The van der Waals surface area contributed by atoms with Crippen LogP contribution in [0.4, 0.5) is 0 Å². The molecule has 1 aromatic heterocycles. The Bertz CT molecular complexity index is 424. The third-order valence-corrected chi connectivity index (χ3v) is 2.50. The van der Waals surface area contributed by atoms with Gasteiger partial charge < -0.3 is 16.3 Å². The Kier molecular flexibility index (Phi) is 4.50. The van der Waals surface area contributed by atoms with Gasteiger partial charge in [0.05, 0.1) is 11.8 Å². The van der Waals surface area contributed by atoms with E-state index in [0.29, 0.717) is 24.9 Å². The SMILES string of the molecule is Cc1c(C(=O)NCCCC(N)=NO)cnn1C. The number of aromatic nitrogens is 2. The molecule has 0 bridgehead atoms. The summed E-state index contributed by atoms with van der Waals surface area (Å²) >= 11 is 0. The van der Waals surface area contributed by atoms with Crippen LogP contribution in [0.1, 0.15) is 28.9 Å². The van der Waals surface area contributed by atoms with E-state index < -0.39 is 0 Å². The number of nitrogens with one attached hydrogen (secondary N) is 1. The van der Waals surface area contributed by atoms with E-state index in [1.807, 2.05) is 6.92 Å². The first-order valence-electron chi connectivity index (χ1n) is 5.29. The summed E-state index contributed by atoms with van der Waals surface area (Å²) in [6, 6.07) is 0. The molecular weight excluding hydrogens is 222 g/mol. The smallest absolute Gasteiger partial charge is 0.254 e. The average Bonchev–Trinajstić information content (AvgIpc) is 2.65. The van der Waals surface area contributed by atoms with Crippen molar-refractivity contribution in [2.75, 3.05) is 6.54 Å². The molecule has 0 aliphatic carbocycles. The number of oxime groups is 1. The zero-order chi connectivity index (χ0) is 12.8. The van der Waals surface area contributed by atoms with Crippen molar-refractivity contribution in [2.45, 2.75) is 19.8 Å². The number of nitrogens with two attached hydrogens (primary N) is 1. The summed E-state index contributed by atoms with van der Waals surface area (Å²) in [6.45, 7) is 2.31. The van der Waals surface area contributed by atoms with Crippen molar-refractivity contribution in [2.24, 2.45) is 17.9 Å². The van der Waals surface area contributed by atoms with E-state index >= 15 is 0 Å². The first-order valence-corrected chi connectivity index (χ1v) is 5.29. The van der Waals surface area contributed by atoms with Crippen LogP contribution in [0.15, 0.2) is 11.4 Å². The van der Waals surface area contributed by atoms with Crippen LogP contribution >= 0.6 is 0 Å². The quantitative estimate of drug-likeness (QED) is 0.221. The van der Waals surface area contributed by atoms with Crippen LogP contribution in [-0.2, 0) is 7.05 Å². The molecule has 0 saturated heterocycles. The molecule has 0 aromatic carbocycles.